The van der Waals surface area contributed by atoms with Crippen LogP contribution >= 0.6 is 11.6 Å². The first-order valence-electron chi connectivity index (χ1n) is 11.3. The number of amides is 1. The summed E-state index contributed by atoms with van der Waals surface area (Å²) in [5.41, 5.74) is 2.31. The van der Waals surface area contributed by atoms with Crippen molar-refractivity contribution < 1.29 is 9.53 Å². The van der Waals surface area contributed by atoms with Gasteiger partial charge in [0.15, 0.2) is 0 Å². The van der Waals surface area contributed by atoms with Crippen LogP contribution in [0.25, 0.3) is 0 Å². The molecule has 0 bridgehead atoms. The molecule has 4 nitrogen and oxygen atoms in total. The lowest BCUT2D eigenvalue weighted by Gasteiger charge is -2.41. The van der Waals surface area contributed by atoms with Crippen molar-refractivity contribution in [2.24, 2.45) is 11.3 Å². The normalized spacial score (nSPS) is 28.2. The molecule has 2 heterocycles. The van der Waals surface area contributed by atoms with E-state index in [1.165, 1.54) is 11.1 Å². The van der Waals surface area contributed by atoms with Gasteiger partial charge in [0.25, 0.3) is 0 Å². The Morgan fingerprint density at radius 2 is 1.97 bits per heavy atom. The molecule has 1 aliphatic carbocycles. The van der Waals surface area contributed by atoms with Crippen molar-refractivity contribution >= 4 is 17.5 Å². The van der Waals surface area contributed by atoms with Gasteiger partial charge in [0.2, 0.25) is 5.91 Å². The Hall–Kier alpha value is -1.10. The summed E-state index contributed by atoms with van der Waals surface area (Å²) < 4.78 is 5.55. The molecule has 1 saturated carbocycles. The fourth-order valence-electron chi connectivity index (χ4n) is 5.77. The molecule has 2 atom stereocenters. The van der Waals surface area contributed by atoms with E-state index in [9.17, 15) is 4.79 Å². The molecule has 1 amide bonds. The fraction of sp³-hybridized carbons (Fsp3) is 0.708. The van der Waals surface area contributed by atoms with Crippen molar-refractivity contribution in [1.29, 1.82) is 0 Å². The average molecular weight is 419 g/mol. The zero-order valence-corrected chi connectivity index (χ0v) is 18.9. The highest BCUT2D eigenvalue weighted by atomic mass is 35.5. The minimum absolute atomic E-state index is 0.236. The number of carbonyl (C=O) groups is 1. The van der Waals surface area contributed by atoms with Gasteiger partial charge < -0.3 is 14.5 Å². The molecule has 0 radical (unpaired) electrons. The molecule has 29 heavy (non-hydrogen) atoms. The van der Waals surface area contributed by atoms with Crippen LogP contribution in [0.4, 0.5) is 0 Å². The molecule has 2 aliphatic heterocycles. The second kappa shape index (κ2) is 8.56. The standard InChI is InChI=1S/C24H35ClN2O2/c1-17(2)24(10-6-22(15-24)26(3)21-8-12-29-13-9-21)23(28)27-11-7-18-4-5-20(25)14-19(18)16-27/h4-5,14,17,21-22H,6-13,15-16H2,1-3H3. The maximum Gasteiger partial charge on any atom is 0.229 e. The highest BCUT2D eigenvalue weighted by molar-refractivity contribution is 6.30. The van der Waals surface area contributed by atoms with Gasteiger partial charge in [-0.15, -0.1) is 0 Å². The number of hydrogen-bond donors (Lipinski definition) is 0. The summed E-state index contributed by atoms with van der Waals surface area (Å²) in [6.45, 7) is 7.73. The highest BCUT2D eigenvalue weighted by Crippen LogP contribution is 2.48. The predicted octanol–water partition coefficient (Wildman–Crippen LogP) is 4.53. The summed E-state index contributed by atoms with van der Waals surface area (Å²) >= 11 is 6.22. The third-order valence-electron chi connectivity index (χ3n) is 7.87. The van der Waals surface area contributed by atoms with Gasteiger partial charge in [-0.25, -0.2) is 0 Å². The monoisotopic (exact) mass is 418 g/mol. The Balaban J connectivity index is 1.49. The number of nitrogens with zero attached hydrogens (tertiary/aromatic N) is 2. The van der Waals surface area contributed by atoms with Crippen LogP contribution in [-0.4, -0.2) is 54.6 Å². The van der Waals surface area contributed by atoms with Gasteiger partial charge in [0.05, 0.1) is 5.41 Å². The largest absolute Gasteiger partial charge is 0.381 e. The van der Waals surface area contributed by atoms with Gasteiger partial charge in [0.1, 0.15) is 0 Å². The Morgan fingerprint density at radius 3 is 2.69 bits per heavy atom. The number of halogens is 1. The summed E-state index contributed by atoms with van der Waals surface area (Å²) in [4.78, 5) is 18.5. The lowest BCUT2D eigenvalue weighted by molar-refractivity contribution is -0.146. The van der Waals surface area contributed by atoms with E-state index >= 15 is 0 Å². The minimum atomic E-state index is -0.236. The number of ether oxygens (including phenoxy) is 1. The van der Waals surface area contributed by atoms with E-state index in [4.69, 9.17) is 16.3 Å². The Labute approximate surface area is 180 Å². The van der Waals surface area contributed by atoms with E-state index in [1.807, 2.05) is 12.1 Å². The number of carbonyl (C=O) groups excluding carboxylic acids is 1. The van der Waals surface area contributed by atoms with Gasteiger partial charge in [-0.2, -0.15) is 0 Å². The average Bonchev–Trinajstić information content (AvgIpc) is 3.19. The SMILES string of the molecule is CC(C)C1(C(=O)N2CCc3ccc(Cl)cc3C2)CCC(N(C)C2CCOCC2)C1. The molecule has 0 aromatic heterocycles. The summed E-state index contributed by atoms with van der Waals surface area (Å²) in [6, 6.07) is 7.20. The van der Waals surface area contributed by atoms with Crippen LogP contribution in [0.15, 0.2) is 18.2 Å². The minimum Gasteiger partial charge on any atom is -0.381 e. The van der Waals surface area contributed by atoms with Crippen LogP contribution in [0.3, 0.4) is 0 Å². The molecule has 5 heteroatoms. The quantitative estimate of drug-likeness (QED) is 0.720. The first-order valence-corrected chi connectivity index (χ1v) is 11.6. The zero-order chi connectivity index (χ0) is 20.6. The van der Waals surface area contributed by atoms with Crippen molar-refractivity contribution in [1.82, 2.24) is 9.80 Å². The second-order valence-electron chi connectivity index (χ2n) is 9.61. The summed E-state index contributed by atoms with van der Waals surface area (Å²) in [5, 5.41) is 0.760. The first kappa shape index (κ1) is 21.1. The second-order valence-corrected chi connectivity index (χ2v) is 10.0. The molecule has 3 aliphatic rings. The van der Waals surface area contributed by atoms with Crippen LogP contribution in [0.1, 0.15) is 57.1 Å². The molecule has 0 spiro atoms. The Bertz CT molecular complexity index is 746. The number of hydrogen-bond acceptors (Lipinski definition) is 3. The van der Waals surface area contributed by atoms with Crippen molar-refractivity contribution in [3.63, 3.8) is 0 Å². The lowest BCUT2D eigenvalue weighted by Crippen LogP contribution is -2.49. The van der Waals surface area contributed by atoms with Crippen LogP contribution < -0.4 is 0 Å². The van der Waals surface area contributed by atoms with Crippen molar-refractivity contribution in [3.05, 3.63) is 34.3 Å². The number of rotatable bonds is 4. The predicted molar refractivity (Wildman–Crippen MR) is 117 cm³/mol. The topological polar surface area (TPSA) is 32.8 Å². The summed E-state index contributed by atoms with van der Waals surface area (Å²) in [5.74, 6) is 0.713. The van der Waals surface area contributed by atoms with Gasteiger partial charge in [-0.05, 0) is 74.8 Å². The smallest absolute Gasteiger partial charge is 0.229 e. The Kier molecular flexibility index (Phi) is 6.24. The molecule has 2 unspecified atom stereocenters. The van der Waals surface area contributed by atoms with Gasteiger partial charge >= 0.3 is 0 Å². The molecule has 1 saturated heterocycles. The summed E-state index contributed by atoms with van der Waals surface area (Å²) in [7, 11) is 2.26. The van der Waals surface area contributed by atoms with E-state index < -0.39 is 0 Å². The maximum absolute atomic E-state index is 13.9. The van der Waals surface area contributed by atoms with Crippen LogP contribution in [0, 0.1) is 11.3 Å². The first-order chi connectivity index (χ1) is 13.9. The van der Waals surface area contributed by atoms with Crippen molar-refractivity contribution in [3.8, 4) is 0 Å². The molecule has 160 valence electrons. The van der Waals surface area contributed by atoms with Gasteiger partial charge in [0, 0.05) is 43.4 Å². The molecule has 0 N–H and O–H groups in total. The van der Waals surface area contributed by atoms with Gasteiger partial charge in [-0.1, -0.05) is 31.5 Å². The summed E-state index contributed by atoms with van der Waals surface area (Å²) in [6.07, 6.45) is 6.25. The third kappa shape index (κ3) is 4.08. The number of benzene rings is 1. The molecular formula is C24H35ClN2O2. The molecule has 4 rings (SSSR count). The van der Waals surface area contributed by atoms with Crippen LogP contribution in [0.2, 0.25) is 5.02 Å². The molecule has 1 aromatic carbocycles. The molecule has 1 aromatic rings. The van der Waals surface area contributed by atoms with Crippen molar-refractivity contribution in [2.75, 3.05) is 26.8 Å². The van der Waals surface area contributed by atoms with Crippen LogP contribution in [0.5, 0.6) is 0 Å². The third-order valence-corrected chi connectivity index (χ3v) is 8.10. The molecular weight excluding hydrogens is 384 g/mol. The van der Waals surface area contributed by atoms with E-state index in [0.29, 0.717) is 30.5 Å². The zero-order valence-electron chi connectivity index (χ0n) is 18.1. The van der Waals surface area contributed by atoms with Crippen molar-refractivity contribution in [2.45, 2.75) is 71.0 Å². The maximum atomic E-state index is 13.9. The van der Waals surface area contributed by atoms with Gasteiger partial charge in [-0.3, -0.25) is 4.79 Å². The van der Waals surface area contributed by atoms with E-state index in [2.05, 4.69) is 36.8 Å². The Morgan fingerprint density at radius 1 is 1.21 bits per heavy atom. The molecule has 2 fully saturated rings. The lowest BCUT2D eigenvalue weighted by atomic mass is 9.73. The highest BCUT2D eigenvalue weighted by Gasteiger charge is 2.50. The van der Waals surface area contributed by atoms with Crippen LogP contribution in [-0.2, 0) is 22.5 Å². The van der Waals surface area contributed by atoms with E-state index in [1.54, 1.807) is 0 Å². The number of fused-ring (bicyclic) bond motifs is 1. The van der Waals surface area contributed by atoms with E-state index in [0.717, 1.165) is 63.3 Å². The van der Waals surface area contributed by atoms with E-state index in [-0.39, 0.29) is 5.41 Å². The fourth-order valence-corrected chi connectivity index (χ4v) is 5.96.